The first-order chi connectivity index (χ1) is 19.5. The van der Waals surface area contributed by atoms with Crippen LogP contribution in [-0.2, 0) is 4.79 Å². The highest BCUT2D eigenvalue weighted by atomic mass is 19.1. The van der Waals surface area contributed by atoms with Crippen LogP contribution in [0.4, 0.5) is 14.6 Å². The van der Waals surface area contributed by atoms with Gasteiger partial charge in [0, 0.05) is 43.3 Å². The van der Waals surface area contributed by atoms with Gasteiger partial charge in [0.1, 0.15) is 28.8 Å². The van der Waals surface area contributed by atoms with Crippen molar-refractivity contribution in [2.45, 2.75) is 58.8 Å². The molecule has 0 bridgehead atoms. The molecular formula is C31H36F2N6O2. The van der Waals surface area contributed by atoms with Gasteiger partial charge in [-0.15, -0.1) is 0 Å². The number of carbonyl (C=O) groups excluding carboxylic acids is 1. The molecule has 4 atom stereocenters. The van der Waals surface area contributed by atoms with Gasteiger partial charge in [-0.1, -0.05) is 44.2 Å². The zero-order valence-electron chi connectivity index (χ0n) is 24.1. The van der Waals surface area contributed by atoms with E-state index in [1.54, 1.807) is 11.0 Å². The summed E-state index contributed by atoms with van der Waals surface area (Å²) in [5.41, 5.74) is 0.517. The minimum atomic E-state index is -0.716. The van der Waals surface area contributed by atoms with Gasteiger partial charge in [0.05, 0.1) is 11.4 Å². The maximum atomic E-state index is 15.8. The van der Waals surface area contributed by atoms with E-state index in [0.29, 0.717) is 30.8 Å². The summed E-state index contributed by atoms with van der Waals surface area (Å²) in [5.74, 6) is -1.04. The second-order valence-electron chi connectivity index (χ2n) is 11.4. The van der Waals surface area contributed by atoms with Crippen LogP contribution < -0.4 is 15.9 Å². The third-order valence-electron chi connectivity index (χ3n) is 8.26. The van der Waals surface area contributed by atoms with E-state index < -0.39 is 23.4 Å². The van der Waals surface area contributed by atoms with Gasteiger partial charge in [0.2, 0.25) is 5.91 Å². The van der Waals surface area contributed by atoms with E-state index in [2.05, 4.69) is 35.7 Å². The van der Waals surface area contributed by atoms with Crippen molar-refractivity contribution >= 4 is 22.8 Å². The lowest BCUT2D eigenvalue weighted by atomic mass is 9.88. The molecule has 1 saturated heterocycles. The standard InChI is InChI=1S/C31H36F2N6O2/c1-7-25(40)37-15-20(6)38(16-19(37)5)29-22-14-24(33)27(21-10-8-9-11-23(21)32)35-30(22)39(31(41)36-29)28-18(4)12-13-34-26(28)17(2)3/h7-12,14,17,19-20,26,28,34H,1,13,15-16H2,2-6H3/t19-,20+,26?,28?/m1/s1. The first kappa shape index (κ1) is 28.6. The number of carbonyl (C=O) groups is 1. The second-order valence-corrected chi connectivity index (χ2v) is 11.4. The third-order valence-corrected chi connectivity index (χ3v) is 8.26. The molecule has 41 heavy (non-hydrogen) atoms. The zero-order chi connectivity index (χ0) is 29.6. The van der Waals surface area contributed by atoms with Crippen molar-refractivity contribution in [3.8, 4) is 11.3 Å². The average molecular weight is 563 g/mol. The summed E-state index contributed by atoms with van der Waals surface area (Å²) >= 11 is 0. The van der Waals surface area contributed by atoms with Gasteiger partial charge in [0.15, 0.2) is 0 Å². The monoisotopic (exact) mass is 562 g/mol. The van der Waals surface area contributed by atoms with Gasteiger partial charge in [-0.2, -0.15) is 4.98 Å². The molecule has 2 aromatic heterocycles. The van der Waals surface area contributed by atoms with Gasteiger partial charge >= 0.3 is 5.69 Å². The van der Waals surface area contributed by atoms with Crippen molar-refractivity contribution in [3.63, 3.8) is 0 Å². The Bertz CT molecular complexity index is 1600. The normalized spacial score (nSPS) is 23.2. The van der Waals surface area contributed by atoms with Crippen LogP contribution in [0.15, 0.2) is 59.4 Å². The minimum Gasteiger partial charge on any atom is -0.349 e. The molecule has 2 aliphatic rings. The molecule has 0 radical (unpaired) electrons. The quantitative estimate of drug-likeness (QED) is 0.365. The number of fused-ring (bicyclic) bond motifs is 1. The van der Waals surface area contributed by atoms with Crippen molar-refractivity contribution in [1.82, 2.24) is 24.8 Å². The molecule has 5 rings (SSSR count). The number of benzene rings is 1. The predicted molar refractivity (Wildman–Crippen MR) is 157 cm³/mol. The zero-order valence-corrected chi connectivity index (χ0v) is 24.1. The number of aromatic nitrogens is 3. The molecule has 2 aliphatic heterocycles. The Hall–Kier alpha value is -3.92. The average Bonchev–Trinajstić information content (AvgIpc) is 2.94. The fourth-order valence-corrected chi connectivity index (χ4v) is 6.12. The molecule has 8 nitrogen and oxygen atoms in total. The Labute approximate surface area is 238 Å². The highest BCUT2D eigenvalue weighted by Crippen LogP contribution is 2.35. The van der Waals surface area contributed by atoms with Crippen molar-refractivity contribution in [2.24, 2.45) is 5.92 Å². The summed E-state index contributed by atoms with van der Waals surface area (Å²) < 4.78 is 32.2. The molecule has 3 aromatic rings. The third kappa shape index (κ3) is 5.05. The molecule has 1 fully saturated rings. The summed E-state index contributed by atoms with van der Waals surface area (Å²) in [7, 11) is 0. The van der Waals surface area contributed by atoms with Crippen LogP contribution in [0.3, 0.4) is 0 Å². The fraction of sp³-hybridized carbons (Fsp3) is 0.419. The van der Waals surface area contributed by atoms with Crippen LogP contribution in [0.1, 0.15) is 40.7 Å². The number of piperazine rings is 1. The lowest BCUT2D eigenvalue weighted by Gasteiger charge is -2.44. The summed E-state index contributed by atoms with van der Waals surface area (Å²) in [6.07, 6.45) is 3.31. The minimum absolute atomic E-state index is 0.0113. The Morgan fingerprint density at radius 1 is 1.12 bits per heavy atom. The van der Waals surface area contributed by atoms with Gasteiger partial charge in [-0.05, 0) is 51.0 Å². The maximum absolute atomic E-state index is 15.8. The van der Waals surface area contributed by atoms with E-state index in [1.165, 1.54) is 34.9 Å². The summed E-state index contributed by atoms with van der Waals surface area (Å²) in [6.45, 7) is 15.0. The molecule has 2 unspecified atom stereocenters. The van der Waals surface area contributed by atoms with Gasteiger partial charge in [-0.3, -0.25) is 9.36 Å². The predicted octanol–water partition coefficient (Wildman–Crippen LogP) is 4.46. The molecule has 0 aliphatic carbocycles. The maximum Gasteiger partial charge on any atom is 0.351 e. The topological polar surface area (TPSA) is 83.4 Å². The molecule has 1 amide bonds. The molecular weight excluding hydrogens is 526 g/mol. The van der Waals surface area contributed by atoms with Crippen LogP contribution in [0.5, 0.6) is 0 Å². The van der Waals surface area contributed by atoms with Crippen LogP contribution in [0.25, 0.3) is 22.3 Å². The lowest BCUT2D eigenvalue weighted by molar-refractivity contribution is -0.128. The SMILES string of the molecule is C=CC(=O)N1C[C@H](C)N(c2nc(=O)n(C3C(C)=CCNC3C(C)C)c3nc(-c4ccccc4F)c(F)cc23)C[C@H]1C. The molecule has 1 N–H and O–H groups in total. The van der Waals surface area contributed by atoms with E-state index >= 15 is 4.39 Å². The van der Waals surface area contributed by atoms with Crippen molar-refractivity contribution in [3.05, 3.63) is 76.8 Å². The van der Waals surface area contributed by atoms with E-state index in [9.17, 15) is 14.0 Å². The largest absolute Gasteiger partial charge is 0.351 e. The van der Waals surface area contributed by atoms with E-state index in [0.717, 1.165) is 5.57 Å². The number of anilines is 1. The van der Waals surface area contributed by atoms with E-state index in [1.807, 2.05) is 31.7 Å². The number of pyridine rings is 1. The Morgan fingerprint density at radius 2 is 1.85 bits per heavy atom. The van der Waals surface area contributed by atoms with Crippen molar-refractivity contribution < 1.29 is 13.6 Å². The second kappa shape index (κ2) is 11.2. The number of nitrogens with one attached hydrogen (secondary N) is 1. The summed E-state index contributed by atoms with van der Waals surface area (Å²) in [5, 5.41) is 3.84. The summed E-state index contributed by atoms with van der Waals surface area (Å²) in [6, 6.07) is 6.22. The number of hydrogen-bond donors (Lipinski definition) is 1. The molecule has 216 valence electrons. The van der Waals surface area contributed by atoms with Crippen LogP contribution >= 0.6 is 0 Å². The Kier molecular flexibility index (Phi) is 7.78. The van der Waals surface area contributed by atoms with Gasteiger partial charge in [0.25, 0.3) is 0 Å². The van der Waals surface area contributed by atoms with Crippen molar-refractivity contribution in [1.29, 1.82) is 0 Å². The highest BCUT2D eigenvalue weighted by molar-refractivity contribution is 5.90. The Balaban J connectivity index is 1.78. The molecule has 1 aromatic carbocycles. The number of nitrogens with zero attached hydrogens (tertiary/aromatic N) is 5. The highest BCUT2D eigenvalue weighted by Gasteiger charge is 2.36. The molecule has 0 saturated carbocycles. The first-order valence-electron chi connectivity index (χ1n) is 14.0. The number of rotatable bonds is 5. The van der Waals surface area contributed by atoms with Crippen LogP contribution in [0, 0.1) is 17.6 Å². The molecule has 0 spiro atoms. The van der Waals surface area contributed by atoms with E-state index in [-0.39, 0.29) is 46.9 Å². The van der Waals surface area contributed by atoms with Crippen molar-refractivity contribution in [2.75, 3.05) is 24.5 Å². The van der Waals surface area contributed by atoms with Gasteiger partial charge < -0.3 is 15.1 Å². The van der Waals surface area contributed by atoms with Crippen LogP contribution in [-0.4, -0.2) is 63.1 Å². The number of halogens is 2. The fourth-order valence-electron chi connectivity index (χ4n) is 6.12. The molecule has 10 heteroatoms. The number of hydrogen-bond acceptors (Lipinski definition) is 6. The summed E-state index contributed by atoms with van der Waals surface area (Å²) in [4.78, 5) is 39.3. The molecule has 4 heterocycles. The van der Waals surface area contributed by atoms with E-state index in [4.69, 9.17) is 0 Å². The smallest absolute Gasteiger partial charge is 0.349 e. The number of amides is 1. The Morgan fingerprint density at radius 3 is 2.54 bits per heavy atom. The first-order valence-corrected chi connectivity index (χ1v) is 14.0. The lowest BCUT2D eigenvalue weighted by Crippen LogP contribution is -2.58. The van der Waals surface area contributed by atoms with Gasteiger partial charge in [-0.25, -0.2) is 18.6 Å². The van der Waals surface area contributed by atoms with Crippen LogP contribution in [0.2, 0.25) is 0 Å².